The number of alkyl halides is 1. The van der Waals surface area contributed by atoms with Gasteiger partial charge in [0.25, 0.3) is 10.1 Å². The van der Waals surface area contributed by atoms with Crippen LogP contribution < -0.4 is 0 Å². The first-order valence-corrected chi connectivity index (χ1v) is 6.56. The Kier molecular flexibility index (Phi) is 4.62. The molecule has 0 amide bonds. The van der Waals surface area contributed by atoms with Crippen LogP contribution >= 0.6 is 0 Å². The van der Waals surface area contributed by atoms with E-state index < -0.39 is 22.9 Å². The van der Waals surface area contributed by atoms with Crippen molar-refractivity contribution in [2.45, 2.75) is 24.8 Å². The van der Waals surface area contributed by atoms with Gasteiger partial charge in [-0.1, -0.05) is 17.7 Å². The van der Waals surface area contributed by atoms with Crippen molar-refractivity contribution in [2.75, 3.05) is 13.3 Å². The highest BCUT2D eigenvalue weighted by molar-refractivity contribution is 7.85. The van der Waals surface area contributed by atoms with Crippen molar-refractivity contribution < 1.29 is 22.1 Å². The SMILES string of the molecule is Cc1ccc(S(=O)(=O)O)c(C(C)OCCF)c1. The van der Waals surface area contributed by atoms with Gasteiger partial charge < -0.3 is 4.74 Å². The van der Waals surface area contributed by atoms with Crippen LogP contribution in [-0.4, -0.2) is 26.3 Å². The second kappa shape index (κ2) is 5.57. The Hall–Kier alpha value is -0.980. The first kappa shape index (κ1) is 14.1. The van der Waals surface area contributed by atoms with Crippen molar-refractivity contribution in [3.63, 3.8) is 0 Å². The van der Waals surface area contributed by atoms with Crippen LogP contribution in [0.15, 0.2) is 23.1 Å². The first-order chi connectivity index (χ1) is 7.86. The Bertz CT molecular complexity index is 484. The minimum Gasteiger partial charge on any atom is -0.371 e. The molecular formula is C11H15FO4S. The topological polar surface area (TPSA) is 63.6 Å². The molecule has 0 aliphatic carbocycles. The molecule has 0 bridgehead atoms. The number of rotatable bonds is 5. The van der Waals surface area contributed by atoms with E-state index in [1.807, 2.05) is 0 Å². The van der Waals surface area contributed by atoms with E-state index in [9.17, 15) is 12.8 Å². The molecule has 0 spiro atoms. The molecule has 0 heterocycles. The molecule has 1 aromatic carbocycles. The highest BCUT2D eigenvalue weighted by atomic mass is 32.2. The first-order valence-electron chi connectivity index (χ1n) is 5.12. The summed E-state index contributed by atoms with van der Waals surface area (Å²) in [4.78, 5) is -0.200. The van der Waals surface area contributed by atoms with Gasteiger partial charge in [-0.3, -0.25) is 4.55 Å². The lowest BCUT2D eigenvalue weighted by atomic mass is 10.1. The zero-order valence-corrected chi connectivity index (χ0v) is 10.5. The van der Waals surface area contributed by atoms with E-state index in [4.69, 9.17) is 9.29 Å². The zero-order chi connectivity index (χ0) is 13.1. The van der Waals surface area contributed by atoms with E-state index in [1.165, 1.54) is 6.07 Å². The van der Waals surface area contributed by atoms with Crippen LogP contribution in [0.3, 0.4) is 0 Å². The van der Waals surface area contributed by atoms with Gasteiger partial charge in [-0.2, -0.15) is 8.42 Å². The molecule has 0 fully saturated rings. The zero-order valence-electron chi connectivity index (χ0n) is 9.68. The fourth-order valence-electron chi connectivity index (χ4n) is 1.53. The van der Waals surface area contributed by atoms with Gasteiger partial charge in [0.05, 0.1) is 17.6 Å². The Morgan fingerprint density at radius 1 is 1.47 bits per heavy atom. The van der Waals surface area contributed by atoms with Crippen LogP contribution in [0.1, 0.15) is 24.2 Å². The molecule has 1 rings (SSSR count). The van der Waals surface area contributed by atoms with Crippen LogP contribution in [0.4, 0.5) is 4.39 Å². The number of hydrogen-bond donors (Lipinski definition) is 1. The molecule has 1 N–H and O–H groups in total. The van der Waals surface area contributed by atoms with Crippen LogP contribution in [0.5, 0.6) is 0 Å². The van der Waals surface area contributed by atoms with Gasteiger partial charge in [-0.15, -0.1) is 0 Å². The maximum Gasteiger partial charge on any atom is 0.294 e. The van der Waals surface area contributed by atoms with Gasteiger partial charge >= 0.3 is 0 Å². The van der Waals surface area contributed by atoms with Crippen molar-refractivity contribution in [1.29, 1.82) is 0 Å². The van der Waals surface area contributed by atoms with E-state index in [2.05, 4.69) is 0 Å². The van der Waals surface area contributed by atoms with Crippen LogP contribution in [-0.2, 0) is 14.9 Å². The maximum absolute atomic E-state index is 12.0. The van der Waals surface area contributed by atoms with E-state index in [-0.39, 0.29) is 11.5 Å². The average molecular weight is 262 g/mol. The summed E-state index contributed by atoms with van der Waals surface area (Å²) in [6.07, 6.45) is -0.595. The van der Waals surface area contributed by atoms with Crippen molar-refractivity contribution >= 4 is 10.1 Å². The minimum absolute atomic E-state index is 0.111. The quantitative estimate of drug-likeness (QED) is 0.827. The molecule has 0 radical (unpaired) electrons. The summed E-state index contributed by atoms with van der Waals surface area (Å²) in [5, 5.41) is 0. The van der Waals surface area contributed by atoms with Crippen LogP contribution in [0, 0.1) is 6.92 Å². The Morgan fingerprint density at radius 3 is 2.65 bits per heavy atom. The molecular weight excluding hydrogens is 247 g/mol. The standard InChI is InChI=1S/C11H15FO4S/c1-8-3-4-11(17(13,14)15)10(7-8)9(2)16-6-5-12/h3-4,7,9H,5-6H2,1-2H3,(H,13,14,15). The van der Waals surface area contributed by atoms with E-state index in [1.54, 1.807) is 26.0 Å². The van der Waals surface area contributed by atoms with Crippen LogP contribution in [0.2, 0.25) is 0 Å². The molecule has 0 saturated carbocycles. The summed E-state index contributed by atoms with van der Waals surface area (Å²) in [7, 11) is -4.29. The monoisotopic (exact) mass is 262 g/mol. The van der Waals surface area contributed by atoms with Gasteiger partial charge in [-0.25, -0.2) is 4.39 Å². The fourth-order valence-corrected chi connectivity index (χ4v) is 2.29. The van der Waals surface area contributed by atoms with E-state index in [0.717, 1.165) is 5.56 Å². The van der Waals surface area contributed by atoms with Gasteiger partial charge in [0, 0.05) is 5.56 Å². The summed E-state index contributed by atoms with van der Waals surface area (Å²) in [6.45, 7) is 2.65. The molecule has 0 saturated heterocycles. The average Bonchev–Trinajstić information content (AvgIpc) is 2.24. The Labute approximate surface area is 100 Å². The smallest absolute Gasteiger partial charge is 0.294 e. The van der Waals surface area contributed by atoms with E-state index in [0.29, 0.717) is 5.56 Å². The summed E-state index contributed by atoms with van der Waals surface area (Å²) < 4.78 is 48.5. The Morgan fingerprint density at radius 2 is 2.12 bits per heavy atom. The predicted octanol–water partition coefficient (Wildman–Crippen LogP) is 2.29. The number of halogens is 1. The molecule has 4 nitrogen and oxygen atoms in total. The highest BCUT2D eigenvalue weighted by Gasteiger charge is 2.19. The largest absolute Gasteiger partial charge is 0.371 e. The van der Waals surface area contributed by atoms with Gasteiger partial charge in [0.2, 0.25) is 0 Å². The highest BCUT2D eigenvalue weighted by Crippen LogP contribution is 2.25. The summed E-state index contributed by atoms with van der Waals surface area (Å²) in [5.74, 6) is 0. The lowest BCUT2D eigenvalue weighted by Crippen LogP contribution is -2.09. The predicted molar refractivity (Wildman–Crippen MR) is 61.3 cm³/mol. The van der Waals surface area contributed by atoms with Gasteiger partial charge in [0.1, 0.15) is 6.67 Å². The molecule has 6 heteroatoms. The number of aryl methyl sites for hydroxylation is 1. The molecule has 0 aliphatic rings. The number of ether oxygens (including phenoxy) is 1. The second-order valence-corrected chi connectivity index (χ2v) is 5.11. The maximum atomic E-state index is 12.0. The normalized spacial score (nSPS) is 13.6. The molecule has 96 valence electrons. The molecule has 1 unspecified atom stereocenters. The molecule has 1 atom stereocenters. The third kappa shape index (κ3) is 3.76. The second-order valence-electron chi connectivity index (χ2n) is 3.72. The molecule has 1 aromatic rings. The molecule has 17 heavy (non-hydrogen) atoms. The third-order valence-electron chi connectivity index (χ3n) is 2.33. The van der Waals surface area contributed by atoms with E-state index >= 15 is 0 Å². The summed E-state index contributed by atoms with van der Waals surface area (Å²) >= 11 is 0. The van der Waals surface area contributed by atoms with Crippen molar-refractivity contribution in [3.05, 3.63) is 29.3 Å². The minimum atomic E-state index is -4.29. The lowest BCUT2D eigenvalue weighted by molar-refractivity contribution is 0.0540. The third-order valence-corrected chi connectivity index (χ3v) is 3.25. The van der Waals surface area contributed by atoms with Gasteiger partial charge in [0.15, 0.2) is 0 Å². The van der Waals surface area contributed by atoms with Crippen molar-refractivity contribution in [2.24, 2.45) is 0 Å². The number of benzene rings is 1. The summed E-state index contributed by atoms with van der Waals surface area (Å²) in [5.41, 5.74) is 1.17. The lowest BCUT2D eigenvalue weighted by Gasteiger charge is -2.16. The molecule has 0 aromatic heterocycles. The summed E-state index contributed by atoms with van der Waals surface area (Å²) in [6, 6.07) is 4.50. The van der Waals surface area contributed by atoms with Crippen LogP contribution in [0.25, 0.3) is 0 Å². The van der Waals surface area contributed by atoms with Crippen molar-refractivity contribution in [3.8, 4) is 0 Å². The Balaban J connectivity index is 3.16. The van der Waals surface area contributed by atoms with Crippen molar-refractivity contribution in [1.82, 2.24) is 0 Å². The molecule has 0 aliphatic heterocycles. The van der Waals surface area contributed by atoms with Gasteiger partial charge in [-0.05, 0) is 19.9 Å². The fraction of sp³-hybridized carbons (Fsp3) is 0.455. The number of hydrogen-bond acceptors (Lipinski definition) is 3.